The summed E-state index contributed by atoms with van der Waals surface area (Å²) in [6, 6.07) is 0. The van der Waals surface area contributed by atoms with Crippen molar-refractivity contribution < 1.29 is 29.4 Å². The fourth-order valence-electron chi connectivity index (χ4n) is 6.98. The summed E-state index contributed by atoms with van der Waals surface area (Å²) in [5.74, 6) is -0.329. The van der Waals surface area contributed by atoms with Crippen LogP contribution in [-0.2, 0) is 19.2 Å². The molecule has 346 valence electrons. The average molecular weight is 847 g/mol. The molecule has 0 amide bonds. The highest BCUT2D eigenvalue weighted by molar-refractivity contribution is 6.50. The van der Waals surface area contributed by atoms with Crippen molar-refractivity contribution in [1.29, 1.82) is 0 Å². The normalized spacial score (nSPS) is 14.8. The van der Waals surface area contributed by atoms with Gasteiger partial charge in [0.25, 0.3) is 0 Å². The molecule has 0 atom stereocenters. The van der Waals surface area contributed by atoms with E-state index in [1.807, 2.05) is 26.0 Å². The van der Waals surface area contributed by atoms with E-state index in [9.17, 15) is 29.4 Å². The minimum atomic E-state index is -0.514. The van der Waals surface area contributed by atoms with Crippen LogP contribution in [0.4, 0.5) is 0 Å². The van der Waals surface area contributed by atoms with Crippen LogP contribution in [0, 0.1) is 11.8 Å². The van der Waals surface area contributed by atoms with Crippen LogP contribution in [0.25, 0.3) is 0 Å². The highest BCUT2D eigenvalue weighted by Crippen LogP contribution is 2.33. The minimum absolute atomic E-state index is 0. The van der Waals surface area contributed by atoms with Crippen molar-refractivity contribution in [2.75, 3.05) is 0 Å². The lowest BCUT2D eigenvalue weighted by molar-refractivity contribution is -0.132. The van der Waals surface area contributed by atoms with Gasteiger partial charge in [-0.3, -0.25) is 19.2 Å². The van der Waals surface area contributed by atoms with Crippen LogP contribution < -0.4 is 0 Å². The zero-order valence-corrected chi connectivity index (χ0v) is 40.5. The molecule has 2 rings (SSSR count). The summed E-state index contributed by atoms with van der Waals surface area (Å²) in [4.78, 5) is 50.1. The van der Waals surface area contributed by atoms with Gasteiger partial charge >= 0.3 is 0 Å². The summed E-state index contributed by atoms with van der Waals surface area (Å²) in [6.07, 6.45) is 26.5. The molecular formula is C55H90O6. The van der Waals surface area contributed by atoms with Crippen molar-refractivity contribution in [2.45, 2.75) is 219 Å². The highest BCUT2D eigenvalue weighted by Gasteiger charge is 2.33. The van der Waals surface area contributed by atoms with E-state index in [2.05, 4.69) is 88.3 Å². The van der Waals surface area contributed by atoms with Crippen LogP contribution in [-0.4, -0.2) is 33.3 Å². The maximum absolute atomic E-state index is 12.9. The molecule has 0 spiro atoms. The Hall–Kier alpha value is -3.80. The van der Waals surface area contributed by atoms with E-state index in [-0.39, 0.29) is 41.7 Å². The second kappa shape index (κ2) is 33.8. The molecule has 2 N–H and O–H groups in total. The second-order valence-corrected chi connectivity index (χ2v) is 18.2. The van der Waals surface area contributed by atoms with Gasteiger partial charge in [0.05, 0.1) is 0 Å². The third-order valence-electron chi connectivity index (χ3n) is 10.7. The van der Waals surface area contributed by atoms with Gasteiger partial charge in [-0.2, -0.15) is 0 Å². The van der Waals surface area contributed by atoms with Crippen molar-refractivity contribution in [3.63, 3.8) is 0 Å². The number of ketones is 4. The first-order valence-electron chi connectivity index (χ1n) is 23.4. The number of aliphatic hydroxyl groups is 2. The Bertz CT molecular complexity index is 1640. The van der Waals surface area contributed by atoms with E-state index in [1.54, 1.807) is 0 Å². The molecule has 0 unspecified atom stereocenters. The number of hydrogen-bond donors (Lipinski definition) is 2. The Morgan fingerprint density at radius 2 is 0.984 bits per heavy atom. The number of allylic oxidation sites excluding steroid dienone is 14. The smallest absolute Gasteiger partial charge is 0.233 e. The van der Waals surface area contributed by atoms with Gasteiger partial charge < -0.3 is 10.2 Å². The van der Waals surface area contributed by atoms with Gasteiger partial charge in [-0.25, -0.2) is 0 Å². The van der Waals surface area contributed by atoms with E-state index >= 15 is 0 Å². The first-order chi connectivity index (χ1) is 28.3. The number of Topliss-reactive ketones (excluding diaryl/α,β-unsaturated/α-hetero) is 3. The molecule has 0 heterocycles. The molecule has 0 radical (unpaired) electrons. The summed E-state index contributed by atoms with van der Waals surface area (Å²) >= 11 is 0. The molecule has 0 fully saturated rings. The van der Waals surface area contributed by atoms with Crippen molar-refractivity contribution in [3.05, 3.63) is 92.1 Å². The summed E-state index contributed by atoms with van der Waals surface area (Å²) in [7, 11) is 0. The lowest BCUT2D eigenvalue weighted by atomic mass is 9.82. The van der Waals surface area contributed by atoms with E-state index < -0.39 is 11.6 Å². The zero-order chi connectivity index (χ0) is 45.8. The van der Waals surface area contributed by atoms with Crippen LogP contribution in [0.1, 0.15) is 219 Å². The molecule has 2 aliphatic carbocycles. The molecule has 61 heavy (non-hydrogen) atoms. The van der Waals surface area contributed by atoms with Crippen LogP contribution in [0.15, 0.2) is 92.1 Å². The van der Waals surface area contributed by atoms with Gasteiger partial charge in [-0.15, -0.1) is 0 Å². The Kier molecular flexibility index (Phi) is 32.8. The predicted molar refractivity (Wildman–Crippen MR) is 262 cm³/mol. The molecule has 0 aromatic heterocycles. The number of rotatable bonds is 24. The van der Waals surface area contributed by atoms with E-state index in [1.165, 1.54) is 35.6 Å². The number of aliphatic hydroxyl groups excluding tert-OH is 2. The fourth-order valence-corrected chi connectivity index (χ4v) is 6.98. The Morgan fingerprint density at radius 3 is 1.43 bits per heavy atom. The lowest BCUT2D eigenvalue weighted by Gasteiger charge is -2.22. The van der Waals surface area contributed by atoms with Crippen molar-refractivity contribution in [3.8, 4) is 0 Å². The van der Waals surface area contributed by atoms with Gasteiger partial charge in [-0.1, -0.05) is 147 Å². The molecule has 6 nitrogen and oxygen atoms in total. The Balaban J connectivity index is 0. The summed E-state index contributed by atoms with van der Waals surface area (Å²) in [5.41, 5.74) is 7.14. The van der Waals surface area contributed by atoms with Gasteiger partial charge in [0.15, 0.2) is 11.5 Å². The van der Waals surface area contributed by atoms with Gasteiger partial charge in [0, 0.05) is 27.9 Å². The first-order valence-corrected chi connectivity index (χ1v) is 23.4. The van der Waals surface area contributed by atoms with Gasteiger partial charge in [0.2, 0.25) is 17.3 Å². The highest BCUT2D eigenvalue weighted by atomic mass is 16.3. The number of carbonyl (C=O) groups excluding carboxylic acids is 4. The number of carbonyl (C=O) groups is 4. The number of hydrogen-bond acceptors (Lipinski definition) is 6. The lowest BCUT2D eigenvalue weighted by Crippen LogP contribution is -2.26. The monoisotopic (exact) mass is 847 g/mol. The SMILES string of the molecule is C.CCCC(C)C.CCCCCC1=C(CCCC(C)C)C(O)=C(C/C=C(\C)CCC=C(C)C)C(=O)C1=O.CCCCCC1=CC(=O)C(C/C=C(\C)CCC=C(C)C)=C(O)C1=O. The molecule has 0 bridgehead atoms. The Labute approximate surface area is 374 Å². The minimum Gasteiger partial charge on any atom is -0.507 e. The second-order valence-electron chi connectivity index (χ2n) is 18.2. The fraction of sp³-hybridized carbons (Fsp3) is 0.636. The molecule has 6 heteroatoms. The third-order valence-corrected chi connectivity index (χ3v) is 10.7. The quantitative estimate of drug-likeness (QED) is 0.0329. The Morgan fingerprint density at radius 1 is 0.525 bits per heavy atom. The van der Waals surface area contributed by atoms with Gasteiger partial charge in [0.1, 0.15) is 5.76 Å². The zero-order valence-electron chi connectivity index (χ0n) is 40.5. The van der Waals surface area contributed by atoms with Crippen LogP contribution in [0.2, 0.25) is 0 Å². The maximum Gasteiger partial charge on any atom is 0.233 e. The summed E-state index contributed by atoms with van der Waals surface area (Å²) in [6.45, 7) is 27.6. The first kappa shape index (κ1) is 59.3. The molecule has 0 saturated heterocycles. The van der Waals surface area contributed by atoms with E-state index in [0.29, 0.717) is 49.2 Å². The largest absolute Gasteiger partial charge is 0.507 e. The third kappa shape index (κ3) is 25.0. The van der Waals surface area contributed by atoms with E-state index in [4.69, 9.17) is 0 Å². The molecule has 0 aromatic carbocycles. The molecule has 2 aliphatic rings. The molecular weight excluding hydrogens is 757 g/mol. The van der Waals surface area contributed by atoms with Crippen molar-refractivity contribution >= 4 is 23.1 Å². The van der Waals surface area contributed by atoms with Gasteiger partial charge in [-0.05, 0) is 137 Å². The van der Waals surface area contributed by atoms with Crippen LogP contribution >= 0.6 is 0 Å². The van der Waals surface area contributed by atoms with Crippen LogP contribution in [0.5, 0.6) is 0 Å². The summed E-state index contributed by atoms with van der Waals surface area (Å²) < 4.78 is 0. The number of unbranched alkanes of at least 4 members (excludes halogenated alkanes) is 4. The predicted octanol–water partition coefficient (Wildman–Crippen LogP) is 16.4. The molecule has 0 aliphatic heterocycles. The summed E-state index contributed by atoms with van der Waals surface area (Å²) in [5, 5.41) is 21.1. The standard InChI is InChI=1S/C27H42O3.C21H30O3.C6H14.CH4/c1-7-8-9-15-23-22(16-11-13-20(4)5)25(28)24(27(30)26(23)29)18-17-21(6)14-10-12-19(2)3;1-5-6-7-11-17-14-19(22)18(21(24)20(17)23)13-12-16(4)10-8-9-15(2)3;1-4-5-6(2)3;/h12,17,20,28H,7-11,13-16,18H2,1-6H3;9,12,14,24H,5-8,10-11,13H2,1-4H3;6H,4-5H2,1-3H3;1H4/b21-17+;16-12+;;. The van der Waals surface area contributed by atoms with Crippen molar-refractivity contribution in [2.24, 2.45) is 11.8 Å². The topological polar surface area (TPSA) is 109 Å². The maximum atomic E-state index is 12.9. The van der Waals surface area contributed by atoms with Crippen molar-refractivity contribution in [1.82, 2.24) is 0 Å². The van der Waals surface area contributed by atoms with E-state index in [0.717, 1.165) is 94.1 Å². The van der Waals surface area contributed by atoms with Crippen LogP contribution in [0.3, 0.4) is 0 Å². The molecule has 0 aromatic rings. The molecule has 0 saturated carbocycles. The average Bonchev–Trinajstić information content (AvgIpc) is 3.16.